The Balaban J connectivity index is 1.84. The maximum atomic E-state index is 10.4. The van der Waals surface area contributed by atoms with Crippen molar-refractivity contribution < 1.29 is 9.90 Å². The predicted molar refractivity (Wildman–Crippen MR) is 76.2 cm³/mol. The number of aromatic nitrogens is 1. The summed E-state index contributed by atoms with van der Waals surface area (Å²) in [7, 11) is 0. The fraction of sp³-hybridized carbons (Fsp3) is 0.400. The van der Waals surface area contributed by atoms with Crippen molar-refractivity contribution in [1.29, 1.82) is 0 Å². The molecule has 102 valence electrons. The van der Waals surface area contributed by atoms with Crippen LogP contribution in [0.5, 0.6) is 0 Å². The zero-order valence-corrected chi connectivity index (χ0v) is 11.2. The zero-order valence-electron chi connectivity index (χ0n) is 11.2. The van der Waals surface area contributed by atoms with Crippen molar-refractivity contribution in [3.63, 3.8) is 0 Å². The molecule has 1 heterocycles. The van der Waals surface area contributed by atoms with Crippen molar-refractivity contribution in [2.45, 2.75) is 32.7 Å². The number of aliphatic carboxylic acids is 1. The molecule has 0 saturated heterocycles. The number of benzene rings is 1. The van der Waals surface area contributed by atoms with E-state index in [1.54, 1.807) is 0 Å². The van der Waals surface area contributed by atoms with E-state index < -0.39 is 5.97 Å². The summed E-state index contributed by atoms with van der Waals surface area (Å²) in [6, 6.07) is 8.28. The minimum atomic E-state index is -0.715. The molecule has 0 spiro atoms. The summed E-state index contributed by atoms with van der Waals surface area (Å²) in [5.41, 5.74) is 3.66. The molecule has 1 aromatic carbocycles. The van der Waals surface area contributed by atoms with Gasteiger partial charge in [0.15, 0.2) is 0 Å². The Morgan fingerprint density at radius 3 is 2.89 bits per heavy atom. The fourth-order valence-corrected chi connectivity index (χ4v) is 2.30. The fourth-order valence-electron chi connectivity index (χ4n) is 2.30. The van der Waals surface area contributed by atoms with Gasteiger partial charge in [0.2, 0.25) is 0 Å². The van der Waals surface area contributed by atoms with E-state index in [0.29, 0.717) is 0 Å². The summed E-state index contributed by atoms with van der Waals surface area (Å²) >= 11 is 0. The van der Waals surface area contributed by atoms with Gasteiger partial charge in [0.25, 0.3) is 0 Å². The Bertz CT molecular complexity index is 560. The number of rotatable bonds is 7. The third-order valence-corrected chi connectivity index (χ3v) is 3.32. The molecule has 4 heteroatoms. The molecule has 1 aromatic heterocycles. The second kappa shape index (κ2) is 6.38. The predicted octanol–water partition coefficient (Wildman–Crippen LogP) is 2.82. The second-order valence-electron chi connectivity index (χ2n) is 4.80. The van der Waals surface area contributed by atoms with Gasteiger partial charge in [-0.1, -0.05) is 18.2 Å². The van der Waals surface area contributed by atoms with E-state index in [2.05, 4.69) is 29.4 Å². The Morgan fingerprint density at radius 1 is 1.32 bits per heavy atom. The van der Waals surface area contributed by atoms with E-state index in [0.717, 1.165) is 25.9 Å². The van der Waals surface area contributed by atoms with Crippen molar-refractivity contribution in [1.82, 2.24) is 10.3 Å². The summed E-state index contributed by atoms with van der Waals surface area (Å²) in [6.07, 6.45) is 1.89. The SMILES string of the molecule is Cc1[nH]c2ccccc2c1CNCCCCC(=O)O. The average molecular weight is 260 g/mol. The quantitative estimate of drug-likeness (QED) is 0.671. The Labute approximate surface area is 112 Å². The molecule has 0 amide bonds. The normalized spacial score (nSPS) is 11.0. The van der Waals surface area contributed by atoms with Crippen LogP contribution in [-0.2, 0) is 11.3 Å². The number of aryl methyl sites for hydroxylation is 1. The summed E-state index contributed by atoms with van der Waals surface area (Å²) in [4.78, 5) is 13.8. The number of carboxylic acids is 1. The van der Waals surface area contributed by atoms with Crippen molar-refractivity contribution >= 4 is 16.9 Å². The maximum absolute atomic E-state index is 10.4. The van der Waals surface area contributed by atoms with Gasteiger partial charge in [-0.2, -0.15) is 0 Å². The maximum Gasteiger partial charge on any atom is 0.303 e. The van der Waals surface area contributed by atoms with Crippen LogP contribution in [0.4, 0.5) is 0 Å². The molecule has 0 fully saturated rings. The molecular weight excluding hydrogens is 240 g/mol. The highest BCUT2D eigenvalue weighted by Gasteiger charge is 2.06. The lowest BCUT2D eigenvalue weighted by atomic mass is 10.1. The van der Waals surface area contributed by atoms with Crippen LogP contribution in [0.3, 0.4) is 0 Å². The van der Waals surface area contributed by atoms with Gasteiger partial charge < -0.3 is 15.4 Å². The van der Waals surface area contributed by atoms with Gasteiger partial charge in [-0.3, -0.25) is 4.79 Å². The number of hydrogen-bond acceptors (Lipinski definition) is 2. The van der Waals surface area contributed by atoms with Crippen LogP contribution in [0, 0.1) is 6.92 Å². The minimum Gasteiger partial charge on any atom is -0.481 e. The molecule has 0 atom stereocenters. The Hall–Kier alpha value is -1.81. The molecule has 0 aliphatic heterocycles. The van der Waals surface area contributed by atoms with Crippen molar-refractivity contribution in [2.24, 2.45) is 0 Å². The number of H-pyrrole nitrogens is 1. The standard InChI is InChI=1S/C15H20N2O2/c1-11-13(10-16-9-5-4-8-15(18)19)12-6-2-3-7-14(12)17-11/h2-3,6-7,16-17H,4-5,8-10H2,1H3,(H,18,19). The Morgan fingerprint density at radius 2 is 2.11 bits per heavy atom. The molecule has 0 aliphatic rings. The molecule has 0 radical (unpaired) electrons. The molecule has 4 nitrogen and oxygen atoms in total. The van der Waals surface area contributed by atoms with Crippen LogP contribution >= 0.6 is 0 Å². The second-order valence-corrected chi connectivity index (χ2v) is 4.80. The minimum absolute atomic E-state index is 0.258. The molecular formula is C15H20N2O2. The average Bonchev–Trinajstić information content (AvgIpc) is 2.69. The Kier molecular flexibility index (Phi) is 4.58. The number of fused-ring (bicyclic) bond motifs is 1. The molecule has 0 unspecified atom stereocenters. The van der Waals surface area contributed by atoms with Crippen LogP contribution in [-0.4, -0.2) is 22.6 Å². The number of hydrogen-bond donors (Lipinski definition) is 3. The van der Waals surface area contributed by atoms with Gasteiger partial charge in [-0.05, 0) is 37.9 Å². The van der Waals surface area contributed by atoms with Crippen molar-refractivity contribution in [3.8, 4) is 0 Å². The molecule has 0 aliphatic carbocycles. The van der Waals surface area contributed by atoms with Crippen molar-refractivity contribution in [3.05, 3.63) is 35.5 Å². The van der Waals surface area contributed by atoms with Gasteiger partial charge in [0, 0.05) is 29.6 Å². The third-order valence-electron chi connectivity index (χ3n) is 3.32. The highest BCUT2D eigenvalue weighted by atomic mass is 16.4. The topological polar surface area (TPSA) is 65.1 Å². The monoisotopic (exact) mass is 260 g/mol. The van der Waals surface area contributed by atoms with Crippen LogP contribution < -0.4 is 5.32 Å². The molecule has 0 bridgehead atoms. The number of carboxylic acid groups (broad SMARTS) is 1. The van der Waals surface area contributed by atoms with Crippen molar-refractivity contribution in [2.75, 3.05) is 6.54 Å². The number of carbonyl (C=O) groups is 1. The lowest BCUT2D eigenvalue weighted by molar-refractivity contribution is -0.137. The lowest BCUT2D eigenvalue weighted by Crippen LogP contribution is -2.15. The van der Waals surface area contributed by atoms with E-state index in [4.69, 9.17) is 5.11 Å². The third kappa shape index (κ3) is 3.58. The molecule has 0 saturated carbocycles. The van der Waals surface area contributed by atoms with Gasteiger partial charge >= 0.3 is 5.97 Å². The van der Waals surface area contributed by atoms with Gasteiger partial charge in [-0.15, -0.1) is 0 Å². The van der Waals surface area contributed by atoms with E-state index in [9.17, 15) is 4.79 Å². The first-order chi connectivity index (χ1) is 9.18. The number of unbranched alkanes of at least 4 members (excludes halogenated alkanes) is 1. The zero-order chi connectivity index (χ0) is 13.7. The smallest absolute Gasteiger partial charge is 0.303 e. The van der Waals surface area contributed by atoms with E-state index in [1.165, 1.54) is 22.2 Å². The first kappa shape index (κ1) is 13.6. The summed E-state index contributed by atoms with van der Waals surface area (Å²) in [5.74, 6) is -0.715. The number of aromatic amines is 1. The molecule has 3 N–H and O–H groups in total. The first-order valence-corrected chi connectivity index (χ1v) is 6.67. The first-order valence-electron chi connectivity index (χ1n) is 6.67. The van der Waals surface area contributed by atoms with Crippen LogP contribution in [0.1, 0.15) is 30.5 Å². The number of para-hydroxylation sites is 1. The largest absolute Gasteiger partial charge is 0.481 e. The van der Waals surface area contributed by atoms with Crippen LogP contribution in [0.15, 0.2) is 24.3 Å². The van der Waals surface area contributed by atoms with Gasteiger partial charge in [0.1, 0.15) is 0 Å². The molecule has 2 rings (SSSR count). The summed E-state index contributed by atoms with van der Waals surface area (Å²) < 4.78 is 0. The van der Waals surface area contributed by atoms with E-state index >= 15 is 0 Å². The highest BCUT2D eigenvalue weighted by Crippen LogP contribution is 2.21. The van der Waals surface area contributed by atoms with E-state index in [-0.39, 0.29) is 6.42 Å². The summed E-state index contributed by atoms with van der Waals surface area (Å²) in [6.45, 7) is 3.76. The van der Waals surface area contributed by atoms with Gasteiger partial charge in [-0.25, -0.2) is 0 Å². The van der Waals surface area contributed by atoms with Gasteiger partial charge in [0.05, 0.1) is 0 Å². The lowest BCUT2D eigenvalue weighted by Gasteiger charge is -2.04. The van der Waals surface area contributed by atoms with Crippen LogP contribution in [0.2, 0.25) is 0 Å². The summed E-state index contributed by atoms with van der Waals surface area (Å²) in [5, 5.41) is 13.2. The van der Waals surface area contributed by atoms with E-state index in [1.807, 2.05) is 12.1 Å². The molecule has 2 aromatic rings. The highest BCUT2D eigenvalue weighted by molar-refractivity contribution is 5.84. The number of nitrogens with one attached hydrogen (secondary N) is 2. The van der Waals surface area contributed by atoms with Crippen LogP contribution in [0.25, 0.3) is 10.9 Å². The molecule has 19 heavy (non-hydrogen) atoms.